The zero-order valence-corrected chi connectivity index (χ0v) is 13.5. The van der Waals surface area contributed by atoms with E-state index >= 15 is 0 Å². The summed E-state index contributed by atoms with van der Waals surface area (Å²) in [7, 11) is -1.37. The van der Waals surface area contributed by atoms with Crippen LogP contribution < -0.4 is 5.32 Å². The van der Waals surface area contributed by atoms with Gasteiger partial charge in [-0.1, -0.05) is 0 Å². The molecule has 1 aromatic heterocycles. The number of hydrogen-bond donors (Lipinski definition) is 1. The number of carbonyl (C=O) groups is 1. The number of aromatic nitrogens is 2. The van der Waals surface area contributed by atoms with E-state index in [4.69, 9.17) is 0 Å². The van der Waals surface area contributed by atoms with Crippen molar-refractivity contribution in [1.82, 2.24) is 19.4 Å². The number of nitrogens with one attached hydrogen (secondary N) is 1. The minimum atomic E-state index is -3.22. The van der Waals surface area contributed by atoms with Gasteiger partial charge in [0.2, 0.25) is 15.9 Å². The van der Waals surface area contributed by atoms with Crippen molar-refractivity contribution in [2.75, 3.05) is 19.3 Å². The van der Waals surface area contributed by atoms with Crippen molar-refractivity contribution in [2.24, 2.45) is 13.0 Å². The number of sulfonamides is 1. The summed E-state index contributed by atoms with van der Waals surface area (Å²) in [5, 5.41) is 7.01. The molecule has 1 aliphatic heterocycles. The Hall–Kier alpha value is -1.41. The second-order valence-electron chi connectivity index (χ2n) is 5.56. The van der Waals surface area contributed by atoms with Crippen molar-refractivity contribution in [3.8, 4) is 0 Å². The van der Waals surface area contributed by atoms with E-state index < -0.39 is 10.0 Å². The minimum absolute atomic E-state index is 0.0911. The Labute approximate surface area is 125 Å². The van der Waals surface area contributed by atoms with Gasteiger partial charge in [0.1, 0.15) is 0 Å². The van der Waals surface area contributed by atoms with Gasteiger partial charge in [0.25, 0.3) is 0 Å². The number of rotatable bonds is 4. The number of carbonyl (C=O) groups excluding carboxylic acids is 1. The van der Waals surface area contributed by atoms with Gasteiger partial charge in [0.15, 0.2) is 0 Å². The van der Waals surface area contributed by atoms with Crippen LogP contribution in [-0.2, 0) is 28.4 Å². The lowest BCUT2D eigenvalue weighted by Crippen LogP contribution is -2.44. The first-order chi connectivity index (χ1) is 9.79. The lowest BCUT2D eigenvalue weighted by atomic mass is 9.99. The van der Waals surface area contributed by atoms with E-state index in [-0.39, 0.29) is 18.4 Å². The van der Waals surface area contributed by atoms with Gasteiger partial charge in [-0.25, -0.2) is 12.7 Å². The number of amides is 1. The fourth-order valence-corrected chi connectivity index (χ4v) is 3.41. The van der Waals surface area contributed by atoms with E-state index in [2.05, 4.69) is 10.4 Å². The number of hydrogen-bond acceptors (Lipinski definition) is 4. The SMILES string of the molecule is Cc1c(CNC(=O)[C@H]2CCCN(S(C)(=O)=O)C2)cnn1C. The van der Waals surface area contributed by atoms with E-state index in [1.165, 1.54) is 10.6 Å². The zero-order valence-electron chi connectivity index (χ0n) is 12.7. The Morgan fingerprint density at radius 2 is 2.24 bits per heavy atom. The van der Waals surface area contributed by atoms with Crippen LogP contribution >= 0.6 is 0 Å². The summed E-state index contributed by atoms with van der Waals surface area (Å²) in [6.07, 6.45) is 4.37. The van der Waals surface area contributed by atoms with Crippen LogP contribution in [0.1, 0.15) is 24.1 Å². The average Bonchev–Trinajstić information content (AvgIpc) is 2.75. The largest absolute Gasteiger partial charge is 0.352 e. The molecule has 2 rings (SSSR count). The first kappa shape index (κ1) is 16.0. The fourth-order valence-electron chi connectivity index (χ4n) is 2.50. The van der Waals surface area contributed by atoms with E-state index in [1.807, 2.05) is 14.0 Å². The highest BCUT2D eigenvalue weighted by molar-refractivity contribution is 7.88. The van der Waals surface area contributed by atoms with Crippen molar-refractivity contribution in [3.05, 3.63) is 17.5 Å². The van der Waals surface area contributed by atoms with Gasteiger partial charge in [0, 0.05) is 37.9 Å². The Kier molecular flexibility index (Phi) is 4.67. The van der Waals surface area contributed by atoms with Gasteiger partial charge in [-0.2, -0.15) is 5.10 Å². The van der Waals surface area contributed by atoms with E-state index in [9.17, 15) is 13.2 Å². The van der Waals surface area contributed by atoms with Crippen LogP contribution in [0.5, 0.6) is 0 Å². The second kappa shape index (κ2) is 6.15. The van der Waals surface area contributed by atoms with Crippen molar-refractivity contribution < 1.29 is 13.2 Å². The van der Waals surface area contributed by atoms with Crippen LogP contribution in [0, 0.1) is 12.8 Å². The molecule has 1 saturated heterocycles. The quantitative estimate of drug-likeness (QED) is 0.849. The summed E-state index contributed by atoms with van der Waals surface area (Å²) in [5.74, 6) is -0.364. The summed E-state index contributed by atoms with van der Waals surface area (Å²) in [5.41, 5.74) is 1.98. The third kappa shape index (κ3) is 3.82. The maximum atomic E-state index is 12.2. The van der Waals surface area contributed by atoms with Crippen LogP contribution in [0.25, 0.3) is 0 Å². The van der Waals surface area contributed by atoms with E-state index in [0.717, 1.165) is 24.1 Å². The molecule has 0 bridgehead atoms. The van der Waals surface area contributed by atoms with Crippen LogP contribution in [0.4, 0.5) is 0 Å². The Morgan fingerprint density at radius 3 is 2.81 bits per heavy atom. The fraction of sp³-hybridized carbons (Fsp3) is 0.692. The Morgan fingerprint density at radius 1 is 1.52 bits per heavy atom. The first-order valence-electron chi connectivity index (χ1n) is 6.99. The molecule has 21 heavy (non-hydrogen) atoms. The molecule has 1 atom stereocenters. The first-order valence-corrected chi connectivity index (χ1v) is 8.84. The average molecular weight is 314 g/mol. The van der Waals surface area contributed by atoms with Crippen molar-refractivity contribution in [3.63, 3.8) is 0 Å². The zero-order chi connectivity index (χ0) is 15.6. The normalized spacial score (nSPS) is 20.4. The molecule has 7 nitrogen and oxygen atoms in total. The molecular formula is C13H22N4O3S. The number of nitrogens with zero attached hydrogens (tertiary/aromatic N) is 3. The predicted octanol–water partition coefficient (Wildman–Crippen LogP) is 0.0163. The second-order valence-corrected chi connectivity index (χ2v) is 7.54. The molecule has 118 valence electrons. The minimum Gasteiger partial charge on any atom is -0.352 e. The molecule has 0 aliphatic carbocycles. The molecule has 1 amide bonds. The van der Waals surface area contributed by atoms with Gasteiger partial charge in [-0.3, -0.25) is 9.48 Å². The molecule has 1 fully saturated rings. The summed E-state index contributed by atoms with van der Waals surface area (Å²) in [6, 6.07) is 0. The number of aryl methyl sites for hydroxylation is 1. The predicted molar refractivity (Wildman–Crippen MR) is 78.9 cm³/mol. The van der Waals surface area contributed by atoms with Gasteiger partial charge in [0.05, 0.1) is 18.4 Å². The molecule has 1 N–H and O–H groups in total. The van der Waals surface area contributed by atoms with Crippen LogP contribution in [0.3, 0.4) is 0 Å². The lowest BCUT2D eigenvalue weighted by molar-refractivity contribution is -0.126. The van der Waals surface area contributed by atoms with Gasteiger partial charge < -0.3 is 5.32 Å². The monoisotopic (exact) mass is 314 g/mol. The third-order valence-corrected chi connectivity index (χ3v) is 5.28. The standard InChI is InChI=1S/C13H22N4O3S/c1-10-12(8-15-16(10)2)7-14-13(18)11-5-4-6-17(9-11)21(3,19)20/h8,11H,4-7,9H2,1-3H3,(H,14,18)/t11-/m0/s1. The highest BCUT2D eigenvalue weighted by Gasteiger charge is 2.30. The van der Waals surface area contributed by atoms with Crippen LogP contribution in [0.2, 0.25) is 0 Å². The molecule has 2 heterocycles. The number of piperidine rings is 1. The molecule has 1 aromatic rings. The van der Waals surface area contributed by atoms with Crippen molar-refractivity contribution in [1.29, 1.82) is 0 Å². The summed E-state index contributed by atoms with van der Waals surface area (Å²) < 4.78 is 26.3. The summed E-state index contributed by atoms with van der Waals surface area (Å²) in [4.78, 5) is 12.2. The molecular weight excluding hydrogens is 292 g/mol. The molecule has 1 aliphatic rings. The maximum absolute atomic E-state index is 12.2. The topological polar surface area (TPSA) is 84.3 Å². The Balaban J connectivity index is 1.93. The molecule has 0 unspecified atom stereocenters. The molecule has 0 aromatic carbocycles. The smallest absolute Gasteiger partial charge is 0.224 e. The maximum Gasteiger partial charge on any atom is 0.224 e. The van der Waals surface area contributed by atoms with Crippen molar-refractivity contribution >= 4 is 15.9 Å². The summed E-state index contributed by atoms with van der Waals surface area (Å²) in [6.45, 7) is 3.15. The molecule has 0 saturated carbocycles. The lowest BCUT2D eigenvalue weighted by Gasteiger charge is -2.30. The molecule has 0 radical (unpaired) electrons. The Bertz CT molecular complexity index is 623. The molecule has 8 heteroatoms. The van der Waals surface area contributed by atoms with Crippen LogP contribution in [0.15, 0.2) is 6.20 Å². The van der Waals surface area contributed by atoms with E-state index in [0.29, 0.717) is 13.1 Å². The third-order valence-electron chi connectivity index (χ3n) is 4.01. The van der Waals surface area contributed by atoms with Crippen LogP contribution in [-0.4, -0.2) is 47.8 Å². The molecule has 0 spiro atoms. The summed E-state index contributed by atoms with van der Waals surface area (Å²) >= 11 is 0. The van der Waals surface area contributed by atoms with Gasteiger partial charge in [-0.05, 0) is 19.8 Å². The van der Waals surface area contributed by atoms with Gasteiger partial charge in [-0.15, -0.1) is 0 Å². The van der Waals surface area contributed by atoms with E-state index in [1.54, 1.807) is 10.9 Å². The van der Waals surface area contributed by atoms with Gasteiger partial charge >= 0.3 is 0 Å². The highest BCUT2D eigenvalue weighted by atomic mass is 32.2. The van der Waals surface area contributed by atoms with Crippen molar-refractivity contribution in [2.45, 2.75) is 26.3 Å². The highest BCUT2D eigenvalue weighted by Crippen LogP contribution is 2.19.